The fraction of sp³-hybridized carbons (Fsp3) is 0.467. The predicted octanol–water partition coefficient (Wildman–Crippen LogP) is 3.04. The number of rotatable bonds is 5. The lowest BCUT2D eigenvalue weighted by atomic mass is 9.94. The van der Waals surface area contributed by atoms with Gasteiger partial charge in [-0.25, -0.2) is 0 Å². The summed E-state index contributed by atoms with van der Waals surface area (Å²) in [5, 5.41) is 9.27. The van der Waals surface area contributed by atoms with Crippen molar-refractivity contribution in [2.45, 2.75) is 19.3 Å². The molecule has 1 saturated carbocycles. The highest BCUT2D eigenvalue weighted by molar-refractivity contribution is 6.34. The van der Waals surface area contributed by atoms with Gasteiger partial charge in [-0.05, 0) is 31.4 Å². The first-order valence-electron chi connectivity index (χ1n) is 6.67. The maximum Gasteiger partial charge on any atom is 0.306 e. The Morgan fingerprint density at radius 2 is 1.86 bits per heavy atom. The smallest absolute Gasteiger partial charge is 0.306 e. The van der Waals surface area contributed by atoms with Gasteiger partial charge in [0.2, 0.25) is 0 Å². The van der Waals surface area contributed by atoms with Gasteiger partial charge in [0, 0.05) is 5.92 Å². The van der Waals surface area contributed by atoms with Gasteiger partial charge in [0.25, 0.3) is 0 Å². The molecule has 2 atom stereocenters. The third-order valence-corrected chi connectivity index (χ3v) is 4.26. The van der Waals surface area contributed by atoms with Crippen LogP contribution in [0.3, 0.4) is 0 Å². The predicted molar refractivity (Wildman–Crippen MR) is 77.4 cm³/mol. The Morgan fingerprint density at radius 3 is 2.38 bits per heavy atom. The number of halogens is 1. The maximum atomic E-state index is 12.6. The standard InChI is InChI=1S/C15H17ClO5/c1-20-11-6-5-10(14(21-2)12(11)16)13(17)8-3-4-9(7-8)15(18)19/h5-6,8-9H,3-4,7H2,1-2H3,(H,18,19). The molecule has 114 valence electrons. The highest BCUT2D eigenvalue weighted by atomic mass is 35.5. The van der Waals surface area contributed by atoms with E-state index in [1.807, 2.05) is 0 Å². The Bertz CT molecular complexity index is 569. The number of ketones is 1. The van der Waals surface area contributed by atoms with Crippen LogP contribution in [0.2, 0.25) is 5.02 Å². The van der Waals surface area contributed by atoms with Crippen molar-refractivity contribution < 1.29 is 24.2 Å². The minimum absolute atomic E-state index is 0.125. The van der Waals surface area contributed by atoms with Crippen LogP contribution in [0.5, 0.6) is 11.5 Å². The van der Waals surface area contributed by atoms with Crippen molar-refractivity contribution >= 4 is 23.4 Å². The number of carbonyl (C=O) groups is 2. The monoisotopic (exact) mass is 312 g/mol. The molecule has 0 saturated heterocycles. The summed E-state index contributed by atoms with van der Waals surface area (Å²) in [6.07, 6.45) is 1.46. The van der Waals surface area contributed by atoms with E-state index in [4.69, 9.17) is 26.2 Å². The van der Waals surface area contributed by atoms with Crippen molar-refractivity contribution in [2.75, 3.05) is 14.2 Å². The number of aliphatic carboxylic acids is 1. The van der Waals surface area contributed by atoms with E-state index in [0.717, 1.165) is 0 Å². The zero-order valence-electron chi connectivity index (χ0n) is 11.9. The molecule has 1 aromatic carbocycles. The molecule has 0 aliphatic heterocycles. The molecule has 21 heavy (non-hydrogen) atoms. The van der Waals surface area contributed by atoms with Gasteiger partial charge < -0.3 is 14.6 Å². The van der Waals surface area contributed by atoms with E-state index in [1.165, 1.54) is 14.2 Å². The molecule has 1 aliphatic carbocycles. The number of carboxylic acid groups (broad SMARTS) is 1. The third-order valence-electron chi connectivity index (χ3n) is 3.90. The second kappa shape index (κ2) is 6.35. The van der Waals surface area contributed by atoms with E-state index < -0.39 is 11.9 Å². The maximum absolute atomic E-state index is 12.6. The number of carbonyl (C=O) groups excluding carboxylic acids is 1. The van der Waals surface area contributed by atoms with Gasteiger partial charge in [-0.3, -0.25) is 9.59 Å². The zero-order chi connectivity index (χ0) is 15.6. The molecule has 0 heterocycles. The summed E-state index contributed by atoms with van der Waals surface area (Å²) in [6, 6.07) is 3.22. The van der Waals surface area contributed by atoms with Crippen molar-refractivity contribution in [3.05, 3.63) is 22.7 Å². The molecule has 1 fully saturated rings. The SMILES string of the molecule is COc1ccc(C(=O)C2CCC(C(=O)O)C2)c(OC)c1Cl. The summed E-state index contributed by atoms with van der Waals surface area (Å²) in [7, 11) is 2.92. The Labute approximate surface area is 127 Å². The number of methoxy groups -OCH3 is 2. The van der Waals surface area contributed by atoms with Gasteiger partial charge in [0.05, 0.1) is 25.7 Å². The van der Waals surface area contributed by atoms with Gasteiger partial charge in [-0.15, -0.1) is 0 Å². The number of benzene rings is 1. The summed E-state index contributed by atoms with van der Waals surface area (Å²) in [5.41, 5.74) is 0.374. The first kappa shape index (κ1) is 15.6. The van der Waals surface area contributed by atoms with Crippen LogP contribution in [0.25, 0.3) is 0 Å². The Morgan fingerprint density at radius 1 is 1.19 bits per heavy atom. The topological polar surface area (TPSA) is 72.8 Å². The largest absolute Gasteiger partial charge is 0.495 e. The molecular weight excluding hydrogens is 296 g/mol. The molecule has 2 rings (SSSR count). The molecule has 1 aromatic rings. The summed E-state index contributed by atoms with van der Waals surface area (Å²) >= 11 is 6.15. The molecule has 1 N–H and O–H groups in total. The van der Waals surface area contributed by atoms with Crippen LogP contribution in [0.1, 0.15) is 29.6 Å². The number of carboxylic acids is 1. The van der Waals surface area contributed by atoms with E-state index in [-0.39, 0.29) is 22.5 Å². The van der Waals surface area contributed by atoms with Crippen LogP contribution >= 0.6 is 11.6 Å². The van der Waals surface area contributed by atoms with Crippen LogP contribution in [0.15, 0.2) is 12.1 Å². The first-order chi connectivity index (χ1) is 9.99. The molecule has 1 aliphatic rings. The number of hydrogen-bond acceptors (Lipinski definition) is 4. The fourth-order valence-corrected chi connectivity index (χ4v) is 3.07. The highest BCUT2D eigenvalue weighted by Crippen LogP contribution is 2.40. The Hall–Kier alpha value is -1.75. The summed E-state index contributed by atoms with van der Waals surface area (Å²) < 4.78 is 10.3. The molecular formula is C15H17ClO5. The summed E-state index contributed by atoms with van der Waals surface area (Å²) in [4.78, 5) is 23.6. The minimum Gasteiger partial charge on any atom is -0.495 e. The van der Waals surface area contributed by atoms with Crippen molar-refractivity contribution in [1.82, 2.24) is 0 Å². The molecule has 0 aromatic heterocycles. The molecule has 0 spiro atoms. The van der Waals surface area contributed by atoms with Crippen LogP contribution < -0.4 is 9.47 Å². The molecule has 0 amide bonds. The van der Waals surface area contributed by atoms with Crippen LogP contribution in [0.4, 0.5) is 0 Å². The van der Waals surface area contributed by atoms with E-state index in [1.54, 1.807) is 12.1 Å². The van der Waals surface area contributed by atoms with Crippen molar-refractivity contribution in [1.29, 1.82) is 0 Å². The third kappa shape index (κ3) is 2.97. The molecule has 0 radical (unpaired) electrons. The quantitative estimate of drug-likeness (QED) is 0.846. The Kier molecular flexibility index (Phi) is 4.73. The van der Waals surface area contributed by atoms with E-state index in [0.29, 0.717) is 30.6 Å². The van der Waals surface area contributed by atoms with Gasteiger partial charge >= 0.3 is 5.97 Å². The normalized spacial score (nSPS) is 21.1. The van der Waals surface area contributed by atoms with Crippen molar-refractivity contribution in [2.24, 2.45) is 11.8 Å². The van der Waals surface area contributed by atoms with Gasteiger partial charge in [-0.2, -0.15) is 0 Å². The molecule has 6 heteroatoms. The number of ether oxygens (including phenoxy) is 2. The second-order valence-electron chi connectivity index (χ2n) is 5.07. The van der Waals surface area contributed by atoms with Gasteiger partial charge in [-0.1, -0.05) is 11.6 Å². The lowest BCUT2D eigenvalue weighted by Crippen LogP contribution is -2.15. The van der Waals surface area contributed by atoms with E-state index in [9.17, 15) is 9.59 Å². The average molecular weight is 313 g/mol. The second-order valence-corrected chi connectivity index (χ2v) is 5.45. The summed E-state index contributed by atoms with van der Waals surface area (Å²) in [6.45, 7) is 0. The minimum atomic E-state index is -0.843. The van der Waals surface area contributed by atoms with E-state index >= 15 is 0 Å². The molecule has 0 bridgehead atoms. The summed E-state index contributed by atoms with van der Waals surface area (Å²) in [5.74, 6) is -1.01. The molecule has 2 unspecified atom stereocenters. The van der Waals surface area contributed by atoms with Gasteiger partial charge in [0.1, 0.15) is 10.8 Å². The fourth-order valence-electron chi connectivity index (χ4n) is 2.75. The van der Waals surface area contributed by atoms with E-state index in [2.05, 4.69) is 0 Å². The number of hydrogen-bond donors (Lipinski definition) is 1. The highest BCUT2D eigenvalue weighted by Gasteiger charge is 2.35. The van der Waals surface area contributed by atoms with Gasteiger partial charge in [0.15, 0.2) is 11.5 Å². The zero-order valence-corrected chi connectivity index (χ0v) is 12.6. The Balaban J connectivity index is 2.28. The van der Waals surface area contributed by atoms with Crippen LogP contribution in [0, 0.1) is 11.8 Å². The average Bonchev–Trinajstić information content (AvgIpc) is 2.96. The lowest BCUT2D eigenvalue weighted by molar-refractivity contribution is -0.141. The molecule has 5 nitrogen and oxygen atoms in total. The number of Topliss-reactive ketones (excluding diaryl/α,β-unsaturated/α-hetero) is 1. The van der Waals surface area contributed by atoms with Crippen LogP contribution in [-0.2, 0) is 4.79 Å². The van der Waals surface area contributed by atoms with Crippen LogP contribution in [-0.4, -0.2) is 31.1 Å². The first-order valence-corrected chi connectivity index (χ1v) is 7.04. The van der Waals surface area contributed by atoms with Crippen molar-refractivity contribution in [3.63, 3.8) is 0 Å². The lowest BCUT2D eigenvalue weighted by Gasteiger charge is -2.15. The van der Waals surface area contributed by atoms with Crippen molar-refractivity contribution in [3.8, 4) is 11.5 Å².